The summed E-state index contributed by atoms with van der Waals surface area (Å²) in [7, 11) is 0. The van der Waals surface area contributed by atoms with Crippen LogP contribution in [0.2, 0.25) is 0 Å². The fourth-order valence-electron chi connectivity index (χ4n) is 3.78. The summed E-state index contributed by atoms with van der Waals surface area (Å²) in [4.78, 5) is 25.1. The monoisotopic (exact) mass is 507 g/mol. The van der Waals surface area contributed by atoms with E-state index in [0.717, 1.165) is 17.5 Å². The average Bonchev–Trinajstić information content (AvgIpc) is 3.21. The molecule has 34 heavy (non-hydrogen) atoms. The van der Waals surface area contributed by atoms with Crippen molar-refractivity contribution in [3.63, 3.8) is 0 Å². The Kier molecular flexibility index (Phi) is 6.33. The summed E-state index contributed by atoms with van der Waals surface area (Å²) in [5.74, 6) is -1.47. The lowest BCUT2D eigenvalue weighted by molar-refractivity contribution is -0.249. The molecule has 2 aromatic rings. The number of anilines is 1. The Morgan fingerprint density at radius 2 is 2.18 bits per heavy atom. The minimum Gasteiger partial charge on any atom is -0.465 e. The number of nitrogens with two attached hydrogens (primary N) is 1. The van der Waals surface area contributed by atoms with Gasteiger partial charge in [-0.1, -0.05) is 0 Å². The molecule has 4 rings (SSSR count). The van der Waals surface area contributed by atoms with Crippen LogP contribution in [0.3, 0.4) is 0 Å². The number of carbonyl (C=O) groups is 1. The van der Waals surface area contributed by atoms with Gasteiger partial charge in [0.1, 0.15) is 27.8 Å². The number of thiazole rings is 1. The summed E-state index contributed by atoms with van der Waals surface area (Å²) in [6, 6.07) is 1.04. The van der Waals surface area contributed by atoms with E-state index in [0.29, 0.717) is 5.01 Å². The Bertz CT molecular complexity index is 1110. The minimum absolute atomic E-state index is 0.0467. The van der Waals surface area contributed by atoms with E-state index >= 15 is 0 Å². The first-order valence-corrected chi connectivity index (χ1v) is 10.7. The standard InChI is InChI=1S/C19H18F5N5O4S/c1-8-2-10(33-16(20)21)4-26-13(8)14(30)27-12-6-34-15(28-12)18-7-32-11(19(22,23)24)3-9(18)5-31-17(25)29-18/h2,4,6,9,11,16H,3,5,7H2,1H3,(H2,25,29)(H,27,30). The van der Waals surface area contributed by atoms with Gasteiger partial charge in [-0.15, -0.1) is 11.3 Å². The van der Waals surface area contributed by atoms with Gasteiger partial charge < -0.3 is 25.3 Å². The summed E-state index contributed by atoms with van der Waals surface area (Å²) < 4.78 is 78.8. The van der Waals surface area contributed by atoms with Crippen LogP contribution in [0.15, 0.2) is 22.6 Å². The highest BCUT2D eigenvalue weighted by molar-refractivity contribution is 7.10. The molecule has 3 N–H and O–H groups in total. The van der Waals surface area contributed by atoms with E-state index in [1.807, 2.05) is 0 Å². The number of nitrogens with one attached hydrogen (secondary N) is 1. The van der Waals surface area contributed by atoms with Gasteiger partial charge in [0.2, 0.25) is 0 Å². The molecule has 2 aliphatic rings. The van der Waals surface area contributed by atoms with Gasteiger partial charge in [0, 0.05) is 11.3 Å². The van der Waals surface area contributed by atoms with Crippen molar-refractivity contribution in [2.24, 2.45) is 16.6 Å². The number of fused-ring (bicyclic) bond motifs is 1. The summed E-state index contributed by atoms with van der Waals surface area (Å²) in [5.41, 5.74) is 4.64. The fourth-order valence-corrected chi connectivity index (χ4v) is 4.74. The summed E-state index contributed by atoms with van der Waals surface area (Å²) >= 11 is 1.06. The first-order valence-electron chi connectivity index (χ1n) is 9.83. The second-order valence-electron chi connectivity index (χ2n) is 7.67. The van der Waals surface area contributed by atoms with E-state index in [1.165, 1.54) is 18.4 Å². The predicted octanol–water partition coefficient (Wildman–Crippen LogP) is 3.21. The Morgan fingerprint density at radius 1 is 1.41 bits per heavy atom. The third-order valence-electron chi connectivity index (χ3n) is 5.40. The molecule has 2 aliphatic heterocycles. The number of hydrogen-bond donors (Lipinski definition) is 2. The van der Waals surface area contributed by atoms with Crippen LogP contribution in [0.1, 0.15) is 27.5 Å². The van der Waals surface area contributed by atoms with Crippen molar-refractivity contribution in [1.29, 1.82) is 0 Å². The second-order valence-corrected chi connectivity index (χ2v) is 8.52. The van der Waals surface area contributed by atoms with Crippen LogP contribution >= 0.6 is 11.3 Å². The maximum atomic E-state index is 13.2. The van der Waals surface area contributed by atoms with Gasteiger partial charge in [0.05, 0.1) is 19.4 Å². The molecule has 0 aliphatic carbocycles. The fraction of sp³-hybridized carbons (Fsp3) is 0.474. The zero-order valence-electron chi connectivity index (χ0n) is 17.4. The molecular formula is C19H18F5N5O4S. The Hall–Kier alpha value is -3.07. The van der Waals surface area contributed by atoms with E-state index < -0.39 is 49.3 Å². The number of amidine groups is 1. The molecule has 4 heterocycles. The lowest BCUT2D eigenvalue weighted by Crippen LogP contribution is -2.54. The van der Waals surface area contributed by atoms with Crippen molar-refractivity contribution < 1.29 is 41.0 Å². The molecule has 0 spiro atoms. The van der Waals surface area contributed by atoms with Gasteiger partial charge >= 0.3 is 12.8 Å². The normalized spacial score (nSPS) is 24.7. The van der Waals surface area contributed by atoms with Crippen LogP contribution in [0, 0.1) is 12.8 Å². The smallest absolute Gasteiger partial charge is 0.414 e. The maximum absolute atomic E-state index is 13.2. The number of carbonyl (C=O) groups excluding carboxylic acids is 1. The summed E-state index contributed by atoms with van der Waals surface area (Å²) in [5, 5.41) is 4.31. The number of nitrogens with zero attached hydrogens (tertiary/aromatic N) is 3. The van der Waals surface area contributed by atoms with E-state index in [9.17, 15) is 26.7 Å². The molecule has 0 radical (unpaired) electrons. The van der Waals surface area contributed by atoms with Crippen molar-refractivity contribution in [2.75, 3.05) is 18.5 Å². The average molecular weight is 507 g/mol. The maximum Gasteiger partial charge on any atom is 0.414 e. The minimum atomic E-state index is -4.54. The highest BCUT2D eigenvalue weighted by atomic mass is 32.1. The van der Waals surface area contributed by atoms with E-state index in [1.54, 1.807) is 0 Å². The van der Waals surface area contributed by atoms with Crippen LogP contribution in [0.5, 0.6) is 5.75 Å². The lowest BCUT2D eigenvalue weighted by Gasteiger charge is -2.44. The summed E-state index contributed by atoms with van der Waals surface area (Å²) in [6.07, 6.45) is -5.91. The Morgan fingerprint density at radius 3 is 2.85 bits per heavy atom. The third-order valence-corrected chi connectivity index (χ3v) is 6.40. The molecule has 3 unspecified atom stereocenters. The van der Waals surface area contributed by atoms with Gasteiger partial charge in [0.25, 0.3) is 11.9 Å². The quantitative estimate of drug-likeness (QED) is 0.597. The first-order chi connectivity index (χ1) is 16.0. The van der Waals surface area contributed by atoms with Crippen LogP contribution in [0.4, 0.5) is 27.8 Å². The Labute approximate surface area is 193 Å². The number of rotatable bonds is 5. The second kappa shape index (κ2) is 8.94. The van der Waals surface area contributed by atoms with Crippen LogP contribution in [-0.4, -0.2) is 54.0 Å². The number of amides is 1. The van der Waals surface area contributed by atoms with Crippen molar-refractivity contribution in [3.8, 4) is 5.75 Å². The number of aliphatic imine (C=N–C) groups is 1. The van der Waals surface area contributed by atoms with Gasteiger partial charge in [-0.25, -0.2) is 15.0 Å². The molecule has 1 fully saturated rings. The number of hydrogen-bond acceptors (Lipinski definition) is 9. The number of ether oxygens (including phenoxy) is 3. The van der Waals surface area contributed by atoms with E-state index in [-0.39, 0.29) is 35.5 Å². The van der Waals surface area contributed by atoms with Crippen molar-refractivity contribution >= 4 is 29.1 Å². The van der Waals surface area contributed by atoms with Gasteiger partial charge in [-0.05, 0) is 25.0 Å². The lowest BCUT2D eigenvalue weighted by atomic mass is 9.79. The topological polar surface area (TPSA) is 121 Å². The molecule has 9 nitrogen and oxygen atoms in total. The van der Waals surface area contributed by atoms with Crippen molar-refractivity contribution in [1.82, 2.24) is 9.97 Å². The SMILES string of the molecule is Cc1cc(OC(F)F)cnc1C(=O)Nc1csc(C23COC(C(F)(F)F)CC2COC(N)=N3)n1. The molecule has 2 aromatic heterocycles. The number of aryl methyl sites for hydroxylation is 1. The molecule has 1 saturated heterocycles. The van der Waals surface area contributed by atoms with Gasteiger partial charge in [-0.2, -0.15) is 22.0 Å². The number of aromatic nitrogens is 2. The largest absolute Gasteiger partial charge is 0.465 e. The molecule has 0 bridgehead atoms. The van der Waals surface area contributed by atoms with Gasteiger partial charge in [0.15, 0.2) is 6.10 Å². The molecule has 0 saturated carbocycles. The summed E-state index contributed by atoms with van der Waals surface area (Å²) in [6.45, 7) is -2.05. The zero-order chi connectivity index (χ0) is 24.7. The van der Waals surface area contributed by atoms with Crippen LogP contribution in [-0.2, 0) is 15.0 Å². The molecular weight excluding hydrogens is 489 g/mol. The predicted molar refractivity (Wildman–Crippen MR) is 109 cm³/mol. The van der Waals surface area contributed by atoms with Gasteiger partial charge in [-0.3, -0.25) is 4.79 Å². The van der Waals surface area contributed by atoms with E-state index in [2.05, 4.69) is 25.0 Å². The molecule has 1 amide bonds. The van der Waals surface area contributed by atoms with Crippen LogP contribution in [0.25, 0.3) is 0 Å². The molecule has 0 aromatic carbocycles. The first kappa shape index (κ1) is 24.1. The number of pyridine rings is 1. The molecule has 184 valence electrons. The molecule has 15 heteroatoms. The molecule has 3 atom stereocenters. The van der Waals surface area contributed by atoms with Crippen molar-refractivity contribution in [3.05, 3.63) is 33.9 Å². The highest BCUT2D eigenvalue weighted by Gasteiger charge is 2.56. The van der Waals surface area contributed by atoms with E-state index in [4.69, 9.17) is 15.2 Å². The zero-order valence-corrected chi connectivity index (χ0v) is 18.3. The van der Waals surface area contributed by atoms with Crippen molar-refractivity contribution in [2.45, 2.75) is 37.8 Å². The number of halogens is 5. The number of alkyl halides is 5. The Balaban J connectivity index is 1.54. The third kappa shape index (κ3) is 4.75. The highest BCUT2D eigenvalue weighted by Crippen LogP contribution is 2.47. The van der Waals surface area contributed by atoms with Crippen LogP contribution < -0.4 is 15.8 Å².